The van der Waals surface area contributed by atoms with Gasteiger partial charge in [-0.05, 0) is 69.1 Å². The standard InChI is InChI=1S/C21H36O2/c1-3-5-6-7-16-8-10-17(11-9-16)18-12-14-19(15-13-18)20(4-2)21(22)23/h4,16-19H,3,5-15H2,1-2H3,(H,22,23)/t16-,17-,18-,19-. The highest BCUT2D eigenvalue weighted by molar-refractivity contribution is 5.87. The van der Waals surface area contributed by atoms with Gasteiger partial charge in [-0.3, -0.25) is 0 Å². The Bertz CT molecular complexity index is 383. The van der Waals surface area contributed by atoms with Gasteiger partial charge >= 0.3 is 5.97 Å². The van der Waals surface area contributed by atoms with Gasteiger partial charge in [0.2, 0.25) is 0 Å². The highest BCUT2D eigenvalue weighted by Crippen LogP contribution is 2.43. The van der Waals surface area contributed by atoms with Gasteiger partial charge in [-0.25, -0.2) is 4.79 Å². The van der Waals surface area contributed by atoms with Gasteiger partial charge in [0.1, 0.15) is 0 Å². The molecule has 2 saturated carbocycles. The molecule has 0 aliphatic heterocycles. The molecule has 2 rings (SSSR count). The van der Waals surface area contributed by atoms with E-state index in [-0.39, 0.29) is 0 Å². The lowest BCUT2D eigenvalue weighted by Gasteiger charge is -2.38. The Morgan fingerprint density at radius 3 is 2.00 bits per heavy atom. The smallest absolute Gasteiger partial charge is 0.331 e. The molecule has 0 aromatic heterocycles. The van der Waals surface area contributed by atoms with Crippen molar-refractivity contribution in [2.24, 2.45) is 23.7 Å². The Morgan fingerprint density at radius 1 is 0.957 bits per heavy atom. The lowest BCUT2D eigenvalue weighted by atomic mass is 9.68. The molecule has 2 nitrogen and oxygen atoms in total. The fraction of sp³-hybridized carbons (Fsp3) is 0.857. The molecule has 0 amide bonds. The van der Waals surface area contributed by atoms with Gasteiger partial charge in [0.05, 0.1) is 0 Å². The van der Waals surface area contributed by atoms with Gasteiger partial charge in [-0.2, -0.15) is 0 Å². The number of carboxylic acids is 1. The average molecular weight is 321 g/mol. The zero-order valence-electron chi connectivity index (χ0n) is 15.2. The van der Waals surface area contributed by atoms with Crippen LogP contribution < -0.4 is 0 Å². The van der Waals surface area contributed by atoms with E-state index in [0.29, 0.717) is 11.5 Å². The van der Waals surface area contributed by atoms with Crippen LogP contribution in [-0.2, 0) is 4.79 Å². The van der Waals surface area contributed by atoms with Crippen LogP contribution in [0.1, 0.15) is 90.9 Å². The minimum atomic E-state index is -0.705. The number of unbranched alkanes of at least 4 members (excludes halogenated alkanes) is 2. The van der Waals surface area contributed by atoms with Crippen molar-refractivity contribution in [3.63, 3.8) is 0 Å². The molecule has 0 bridgehead atoms. The zero-order valence-corrected chi connectivity index (χ0v) is 15.2. The normalized spacial score (nSPS) is 32.7. The summed E-state index contributed by atoms with van der Waals surface area (Å²) in [5.74, 6) is 2.39. The predicted octanol–water partition coefficient (Wildman–Crippen LogP) is 6.21. The number of rotatable bonds is 7. The van der Waals surface area contributed by atoms with Crippen molar-refractivity contribution >= 4 is 5.97 Å². The highest BCUT2D eigenvalue weighted by Gasteiger charge is 2.32. The molecule has 2 fully saturated rings. The first-order valence-corrected chi connectivity index (χ1v) is 10.0. The fourth-order valence-electron chi connectivity index (χ4n) is 5.07. The van der Waals surface area contributed by atoms with Crippen molar-refractivity contribution in [3.8, 4) is 0 Å². The summed E-state index contributed by atoms with van der Waals surface area (Å²) < 4.78 is 0. The van der Waals surface area contributed by atoms with Crippen molar-refractivity contribution in [3.05, 3.63) is 11.6 Å². The van der Waals surface area contributed by atoms with Gasteiger partial charge in [0.25, 0.3) is 0 Å². The van der Waals surface area contributed by atoms with Crippen LogP contribution in [0.25, 0.3) is 0 Å². The van der Waals surface area contributed by atoms with E-state index in [0.717, 1.165) is 30.6 Å². The Morgan fingerprint density at radius 2 is 1.52 bits per heavy atom. The molecule has 0 radical (unpaired) electrons. The SMILES string of the molecule is CC=C(C(=O)O)[C@H]1CC[C@H]([C@H]2CC[C@H](CCCCC)CC2)CC1. The van der Waals surface area contributed by atoms with Crippen LogP contribution in [0, 0.1) is 23.7 Å². The van der Waals surface area contributed by atoms with Crippen molar-refractivity contribution in [2.75, 3.05) is 0 Å². The van der Waals surface area contributed by atoms with E-state index in [1.165, 1.54) is 64.2 Å². The molecule has 0 heterocycles. The topological polar surface area (TPSA) is 37.3 Å². The van der Waals surface area contributed by atoms with Crippen molar-refractivity contribution in [2.45, 2.75) is 90.9 Å². The van der Waals surface area contributed by atoms with E-state index < -0.39 is 5.97 Å². The molecular formula is C21H36O2. The molecule has 0 spiro atoms. The highest BCUT2D eigenvalue weighted by atomic mass is 16.4. The fourth-order valence-corrected chi connectivity index (χ4v) is 5.07. The number of hydrogen-bond donors (Lipinski definition) is 1. The number of carboxylic acid groups (broad SMARTS) is 1. The first kappa shape index (κ1) is 18.5. The third-order valence-corrected chi connectivity index (χ3v) is 6.54. The molecule has 2 aliphatic carbocycles. The van der Waals surface area contributed by atoms with Crippen LogP contribution in [0.15, 0.2) is 11.6 Å². The first-order valence-electron chi connectivity index (χ1n) is 10.0. The predicted molar refractivity (Wildman–Crippen MR) is 96.4 cm³/mol. The summed E-state index contributed by atoms with van der Waals surface area (Å²) in [7, 11) is 0. The summed E-state index contributed by atoms with van der Waals surface area (Å²) in [6.45, 7) is 4.16. The molecule has 0 aromatic carbocycles. The maximum absolute atomic E-state index is 11.3. The van der Waals surface area contributed by atoms with Crippen LogP contribution in [0.4, 0.5) is 0 Å². The largest absolute Gasteiger partial charge is 0.478 e. The van der Waals surface area contributed by atoms with Gasteiger partial charge < -0.3 is 5.11 Å². The number of aliphatic carboxylic acids is 1. The molecule has 1 N–H and O–H groups in total. The third-order valence-electron chi connectivity index (χ3n) is 6.54. The Hall–Kier alpha value is -0.790. The Kier molecular flexibility index (Phi) is 7.65. The quantitative estimate of drug-likeness (QED) is 0.447. The number of hydrogen-bond acceptors (Lipinski definition) is 1. The van der Waals surface area contributed by atoms with Crippen LogP contribution in [0.3, 0.4) is 0 Å². The molecule has 0 aromatic rings. The van der Waals surface area contributed by atoms with Gasteiger partial charge in [-0.15, -0.1) is 0 Å². The first-order chi connectivity index (χ1) is 11.2. The molecule has 2 aliphatic rings. The van der Waals surface area contributed by atoms with Crippen molar-refractivity contribution in [1.29, 1.82) is 0 Å². The number of carbonyl (C=O) groups is 1. The lowest BCUT2D eigenvalue weighted by molar-refractivity contribution is -0.133. The Balaban J connectivity index is 1.71. The molecule has 132 valence electrons. The molecule has 0 saturated heterocycles. The van der Waals surface area contributed by atoms with E-state index in [1.54, 1.807) is 0 Å². The van der Waals surface area contributed by atoms with Gasteiger partial charge in [0, 0.05) is 5.57 Å². The summed E-state index contributed by atoms with van der Waals surface area (Å²) in [5, 5.41) is 9.29. The van der Waals surface area contributed by atoms with Crippen molar-refractivity contribution in [1.82, 2.24) is 0 Å². The zero-order chi connectivity index (χ0) is 16.7. The minimum Gasteiger partial charge on any atom is -0.478 e. The van der Waals surface area contributed by atoms with E-state index in [4.69, 9.17) is 0 Å². The van der Waals surface area contributed by atoms with Gasteiger partial charge in [-0.1, -0.05) is 51.5 Å². The second-order valence-electron chi connectivity index (χ2n) is 7.94. The molecule has 2 heteroatoms. The monoisotopic (exact) mass is 320 g/mol. The number of allylic oxidation sites excluding steroid dienone is 1. The van der Waals surface area contributed by atoms with Crippen LogP contribution >= 0.6 is 0 Å². The second-order valence-corrected chi connectivity index (χ2v) is 7.94. The summed E-state index contributed by atoms with van der Waals surface area (Å²) in [4.78, 5) is 11.3. The lowest BCUT2D eigenvalue weighted by Crippen LogP contribution is -2.27. The molecule has 0 unspecified atom stereocenters. The maximum Gasteiger partial charge on any atom is 0.331 e. The summed E-state index contributed by atoms with van der Waals surface area (Å²) in [5.41, 5.74) is 0.656. The van der Waals surface area contributed by atoms with E-state index in [1.807, 2.05) is 13.0 Å². The van der Waals surface area contributed by atoms with E-state index in [2.05, 4.69) is 6.92 Å². The Labute approximate surface area is 142 Å². The van der Waals surface area contributed by atoms with Crippen LogP contribution in [0.2, 0.25) is 0 Å². The minimum absolute atomic E-state index is 0.305. The maximum atomic E-state index is 11.3. The van der Waals surface area contributed by atoms with Crippen molar-refractivity contribution < 1.29 is 9.90 Å². The summed E-state index contributed by atoms with van der Waals surface area (Å²) in [6.07, 6.45) is 17.9. The third kappa shape index (κ3) is 5.36. The second kappa shape index (κ2) is 9.49. The van der Waals surface area contributed by atoms with Gasteiger partial charge in [0.15, 0.2) is 0 Å². The van der Waals surface area contributed by atoms with E-state index >= 15 is 0 Å². The summed E-state index contributed by atoms with van der Waals surface area (Å²) in [6, 6.07) is 0. The molecule has 0 atom stereocenters. The van der Waals surface area contributed by atoms with E-state index in [9.17, 15) is 9.90 Å². The average Bonchev–Trinajstić information content (AvgIpc) is 2.57. The summed E-state index contributed by atoms with van der Waals surface area (Å²) >= 11 is 0. The molecular weight excluding hydrogens is 284 g/mol. The van der Waals surface area contributed by atoms with Crippen LogP contribution in [0.5, 0.6) is 0 Å². The molecule has 23 heavy (non-hydrogen) atoms. The van der Waals surface area contributed by atoms with Crippen LogP contribution in [-0.4, -0.2) is 11.1 Å².